The molecule has 35 heavy (non-hydrogen) atoms. The summed E-state index contributed by atoms with van der Waals surface area (Å²) >= 11 is 0. The molecule has 5 fully saturated rings. The predicted octanol–water partition coefficient (Wildman–Crippen LogP) is 4.91. The van der Waals surface area contributed by atoms with E-state index in [1.54, 1.807) is 11.2 Å². The lowest BCUT2D eigenvalue weighted by atomic mass is 9.48. The Kier molecular flexibility index (Phi) is 7.19. The summed E-state index contributed by atoms with van der Waals surface area (Å²) < 4.78 is 42.7. The first-order chi connectivity index (χ1) is 16.6. The normalized spacial score (nSPS) is 45.3. The van der Waals surface area contributed by atoms with Gasteiger partial charge in [0.15, 0.2) is 0 Å². The first kappa shape index (κ1) is 26.1. The van der Waals surface area contributed by atoms with E-state index in [1.807, 2.05) is 0 Å². The third-order valence-corrected chi connectivity index (χ3v) is 13.2. The van der Waals surface area contributed by atoms with Crippen LogP contribution in [0.3, 0.4) is 0 Å². The van der Waals surface area contributed by atoms with Gasteiger partial charge in [-0.15, -0.1) is 0 Å². The second-order valence-electron chi connectivity index (χ2n) is 13.0. The molecule has 0 spiro atoms. The quantitative estimate of drug-likeness (QED) is 0.527. The molecule has 200 valence electrons. The van der Waals surface area contributed by atoms with E-state index in [0.717, 1.165) is 70.8 Å². The summed E-state index contributed by atoms with van der Waals surface area (Å²) in [6, 6.07) is 0. The highest BCUT2D eigenvalue weighted by atomic mass is 32.2. The summed E-state index contributed by atoms with van der Waals surface area (Å²) in [4.78, 5) is 15.8. The van der Waals surface area contributed by atoms with Crippen LogP contribution in [0.4, 0.5) is 4.39 Å². The van der Waals surface area contributed by atoms with Crippen LogP contribution >= 0.6 is 0 Å². The fourth-order valence-electron chi connectivity index (χ4n) is 9.42. The maximum Gasteiger partial charge on any atom is 0.213 e. The van der Waals surface area contributed by atoms with Gasteiger partial charge in [-0.1, -0.05) is 13.8 Å². The molecule has 0 radical (unpaired) electrons. The third-order valence-electron chi connectivity index (χ3n) is 11.4. The molecule has 5 nitrogen and oxygen atoms in total. The molecule has 4 saturated carbocycles. The van der Waals surface area contributed by atoms with Crippen LogP contribution in [0.1, 0.15) is 85.0 Å². The highest BCUT2D eigenvalue weighted by molar-refractivity contribution is 7.89. The molecule has 1 heterocycles. The summed E-state index contributed by atoms with van der Waals surface area (Å²) in [5.41, 5.74) is -0.956. The van der Waals surface area contributed by atoms with Crippen molar-refractivity contribution in [3.05, 3.63) is 0 Å². The van der Waals surface area contributed by atoms with E-state index < -0.39 is 15.7 Å². The topological polar surface area (TPSA) is 57.7 Å². The average Bonchev–Trinajstić information content (AvgIpc) is 3.00. The van der Waals surface area contributed by atoms with Crippen molar-refractivity contribution in [1.29, 1.82) is 0 Å². The highest BCUT2D eigenvalue weighted by Gasteiger charge is 2.62. The molecule has 0 aromatic heterocycles. The number of nitrogens with zero attached hydrogens (tertiary/aromatic N) is 2. The van der Waals surface area contributed by atoms with Crippen LogP contribution in [-0.4, -0.2) is 67.6 Å². The summed E-state index contributed by atoms with van der Waals surface area (Å²) in [5, 5.41) is 0. The van der Waals surface area contributed by atoms with Gasteiger partial charge < -0.3 is 0 Å². The molecule has 0 bridgehead atoms. The zero-order valence-electron chi connectivity index (χ0n) is 22.2. The van der Waals surface area contributed by atoms with E-state index in [4.69, 9.17) is 0 Å². The number of carbonyl (C=O) groups is 1. The smallest absolute Gasteiger partial charge is 0.213 e. The molecule has 7 heteroatoms. The monoisotopic (exact) mass is 510 g/mol. The number of hydrogen-bond acceptors (Lipinski definition) is 4. The van der Waals surface area contributed by atoms with Gasteiger partial charge in [-0.05, 0) is 113 Å². The molecule has 5 aliphatic rings. The largest absolute Gasteiger partial charge is 0.298 e. The van der Waals surface area contributed by atoms with Gasteiger partial charge in [0.25, 0.3) is 0 Å². The summed E-state index contributed by atoms with van der Waals surface area (Å²) in [6.07, 6.45) is 9.80. The number of carbonyl (C=O) groups excluding carboxylic acids is 1. The van der Waals surface area contributed by atoms with Gasteiger partial charge in [-0.25, -0.2) is 17.1 Å². The fraction of sp³-hybridized carbons (Fsp3) is 0.964. The van der Waals surface area contributed by atoms with Crippen molar-refractivity contribution < 1.29 is 17.6 Å². The Bertz CT molecular complexity index is 912. The Hall–Kier alpha value is -0.530. The minimum atomic E-state index is -3.17. The van der Waals surface area contributed by atoms with Crippen LogP contribution in [0.2, 0.25) is 0 Å². The van der Waals surface area contributed by atoms with Gasteiger partial charge in [0.2, 0.25) is 10.0 Å². The van der Waals surface area contributed by atoms with Crippen molar-refractivity contribution in [2.75, 3.05) is 38.5 Å². The third kappa shape index (κ3) is 4.54. The van der Waals surface area contributed by atoms with Gasteiger partial charge in [0.05, 0.1) is 12.3 Å². The van der Waals surface area contributed by atoms with Crippen molar-refractivity contribution in [3.8, 4) is 0 Å². The molecule has 5 rings (SSSR count). The molecular formula is C28H47FN2O3S. The lowest BCUT2D eigenvalue weighted by molar-refractivity contribution is -0.146. The van der Waals surface area contributed by atoms with E-state index in [-0.39, 0.29) is 28.9 Å². The van der Waals surface area contributed by atoms with Gasteiger partial charge in [-0.2, -0.15) is 0 Å². The Morgan fingerprint density at radius 2 is 1.77 bits per heavy atom. The van der Waals surface area contributed by atoms with Crippen molar-refractivity contribution in [2.24, 2.45) is 40.9 Å². The number of fused-ring (bicyclic) bond motifs is 5. The van der Waals surface area contributed by atoms with Gasteiger partial charge in [-0.3, -0.25) is 9.69 Å². The van der Waals surface area contributed by atoms with E-state index >= 15 is 4.39 Å². The van der Waals surface area contributed by atoms with E-state index in [0.29, 0.717) is 49.7 Å². The number of halogens is 1. The minimum Gasteiger partial charge on any atom is -0.298 e. The second kappa shape index (κ2) is 9.65. The van der Waals surface area contributed by atoms with Crippen LogP contribution in [0, 0.1) is 40.9 Å². The summed E-state index contributed by atoms with van der Waals surface area (Å²) in [5.74, 6) is 2.62. The van der Waals surface area contributed by atoms with Crippen molar-refractivity contribution in [1.82, 2.24) is 9.21 Å². The number of sulfonamides is 1. The lowest BCUT2D eigenvalue weighted by Gasteiger charge is -2.58. The lowest BCUT2D eigenvalue weighted by Crippen LogP contribution is -2.56. The maximum absolute atomic E-state index is 16.5. The molecule has 4 aliphatic carbocycles. The number of Topliss-reactive ketones (excluding diaryl/α,β-unsaturated/α-hetero) is 1. The van der Waals surface area contributed by atoms with Crippen LogP contribution in [0.25, 0.3) is 0 Å². The predicted molar refractivity (Wildman–Crippen MR) is 137 cm³/mol. The summed E-state index contributed by atoms with van der Waals surface area (Å²) in [7, 11) is -3.17. The standard InChI is InChI=1S/C28H47FN2O3S/c1-4-35(33,34)31-15-5-14-30(16-17-31)19-26(32)25-9-8-23-22-7-6-21-18-20(2)10-13-28(21,29)24(22)11-12-27(23,25)3/h20-25H,4-19H2,1-3H3/t20-,21?,22?,23?,24?,25+,27-,28?/m0/s1. The Balaban J connectivity index is 1.24. The van der Waals surface area contributed by atoms with E-state index in [9.17, 15) is 13.2 Å². The Morgan fingerprint density at radius 1 is 0.971 bits per heavy atom. The second-order valence-corrected chi connectivity index (χ2v) is 15.3. The maximum atomic E-state index is 16.5. The highest BCUT2D eigenvalue weighted by Crippen LogP contribution is 2.66. The molecule has 8 atom stereocenters. The van der Waals surface area contributed by atoms with Crippen molar-refractivity contribution >= 4 is 15.8 Å². The number of hydrogen-bond donors (Lipinski definition) is 0. The van der Waals surface area contributed by atoms with Gasteiger partial charge in [0, 0.05) is 25.6 Å². The molecule has 0 aromatic rings. The first-order valence-corrected chi connectivity index (χ1v) is 16.1. The SMILES string of the molecule is CCS(=O)(=O)N1CCCN(CC(=O)[C@H]2CCC3C4CCC5C[C@@H](C)CCC5(F)C4CC[C@@]32C)CC1. The molecule has 0 N–H and O–H groups in total. The molecule has 1 aliphatic heterocycles. The molecule has 0 amide bonds. The molecular weight excluding hydrogens is 463 g/mol. The fourth-order valence-corrected chi connectivity index (χ4v) is 10.6. The molecule has 1 saturated heterocycles. The molecule has 0 aromatic carbocycles. The number of alkyl halides is 1. The van der Waals surface area contributed by atoms with Gasteiger partial charge >= 0.3 is 0 Å². The van der Waals surface area contributed by atoms with E-state index in [1.165, 1.54) is 0 Å². The van der Waals surface area contributed by atoms with Gasteiger partial charge in [0.1, 0.15) is 11.5 Å². The van der Waals surface area contributed by atoms with Crippen LogP contribution in [0.15, 0.2) is 0 Å². The number of ketones is 1. The van der Waals surface area contributed by atoms with E-state index in [2.05, 4.69) is 18.7 Å². The summed E-state index contributed by atoms with van der Waals surface area (Å²) in [6.45, 7) is 9.22. The Labute approximate surface area is 212 Å². The minimum absolute atomic E-state index is 0.00679. The Morgan fingerprint density at radius 3 is 2.54 bits per heavy atom. The average molecular weight is 511 g/mol. The number of rotatable bonds is 5. The van der Waals surface area contributed by atoms with Crippen LogP contribution in [-0.2, 0) is 14.8 Å². The zero-order valence-corrected chi connectivity index (χ0v) is 23.0. The first-order valence-electron chi connectivity index (χ1n) is 14.5. The molecule has 5 unspecified atom stereocenters. The van der Waals surface area contributed by atoms with Crippen molar-refractivity contribution in [2.45, 2.75) is 90.6 Å². The zero-order chi connectivity index (χ0) is 25.0. The van der Waals surface area contributed by atoms with Crippen molar-refractivity contribution in [3.63, 3.8) is 0 Å². The van der Waals surface area contributed by atoms with Crippen LogP contribution in [0.5, 0.6) is 0 Å². The van der Waals surface area contributed by atoms with Crippen LogP contribution < -0.4 is 0 Å².